The molecule has 20 heteroatoms. The maximum Gasteiger partial charge on any atom is 0.322 e. The average Bonchev–Trinajstić information content (AvgIpc) is 1.61. The lowest BCUT2D eigenvalue weighted by atomic mass is 10.2. The van der Waals surface area contributed by atoms with E-state index in [1.807, 2.05) is 81.4 Å². The molecule has 0 amide bonds. The van der Waals surface area contributed by atoms with Gasteiger partial charge in [-0.15, -0.1) is 0 Å². The van der Waals surface area contributed by atoms with Gasteiger partial charge < -0.3 is 37.9 Å². The van der Waals surface area contributed by atoms with E-state index >= 15 is 0 Å². The number of hydrogen-bond acceptors (Lipinski definition) is 12. The molecule has 7 unspecified atom stereocenters. The van der Waals surface area contributed by atoms with E-state index in [4.69, 9.17) is 37.9 Å². The fourth-order valence-corrected chi connectivity index (χ4v) is 22.1. The predicted molar refractivity (Wildman–Crippen MR) is 485 cm³/mol. The lowest BCUT2D eigenvalue weighted by Crippen LogP contribution is -2.31. The molecule has 12 aromatic carbocycles. The number of benzene rings is 12. The Kier molecular flexibility index (Phi) is 29.7. The zero-order chi connectivity index (χ0) is 80.4. The van der Waals surface area contributed by atoms with Gasteiger partial charge in [-0.25, -0.2) is 0 Å². The van der Waals surface area contributed by atoms with Crippen molar-refractivity contribution >= 4 is 190 Å². The Bertz CT molecular complexity index is 5520. The minimum atomic E-state index is -0.645. The maximum absolute atomic E-state index is 12.0. The molecule has 582 valence electrons. The first-order valence-corrected chi connectivity index (χ1v) is 45.8. The molecule has 3 heterocycles. The van der Waals surface area contributed by atoms with Gasteiger partial charge in [0.15, 0.2) is 57.6 Å². The highest BCUT2D eigenvalue weighted by molar-refractivity contribution is 9.10. The molecule has 15 rings (SSSR count). The summed E-state index contributed by atoms with van der Waals surface area (Å²) in [6, 6.07) is 105. The van der Waals surface area contributed by atoms with E-state index in [1.165, 1.54) is 89.9 Å². The molecule has 0 aliphatic carbocycles. The number of alkyl halides is 4. The van der Waals surface area contributed by atoms with Gasteiger partial charge in [0.25, 0.3) is 0 Å². The van der Waals surface area contributed by atoms with E-state index in [0.717, 1.165) is 0 Å². The van der Waals surface area contributed by atoms with Gasteiger partial charge in [-0.2, -0.15) is 0 Å². The summed E-state index contributed by atoms with van der Waals surface area (Å²) >= 11 is 12.8. The minimum Gasteiger partial charge on any atom is -0.457 e. The highest BCUT2D eigenvalue weighted by atomic mass is 79.9. The smallest absolute Gasteiger partial charge is 0.322 e. The van der Waals surface area contributed by atoms with Crippen molar-refractivity contribution < 1.29 is 57.1 Å². The first-order valence-electron chi connectivity index (χ1n) is 37.2. The number of carbonyl (C=O) groups excluding carboxylic acids is 4. The summed E-state index contributed by atoms with van der Waals surface area (Å²) in [7, 11) is -0.572. The van der Waals surface area contributed by atoms with Crippen molar-refractivity contribution in [3.8, 4) is 37.7 Å². The molecule has 0 N–H and O–H groups in total. The van der Waals surface area contributed by atoms with E-state index in [2.05, 4.69) is 306 Å². The Hall–Kier alpha value is -9.35. The van der Waals surface area contributed by atoms with E-state index in [0.29, 0.717) is 29.4 Å². The molecule has 7 atom stereocenters. The molecule has 0 radical (unpaired) electrons. The number of carbonyl (C=O) groups is 4. The molecule has 0 saturated heterocycles. The first kappa shape index (κ1) is 84.1. The summed E-state index contributed by atoms with van der Waals surface area (Å²) in [5, 5.41) is 7.87. The van der Waals surface area contributed by atoms with Crippen LogP contribution in [0.2, 0.25) is 0 Å². The minimum absolute atomic E-state index is 0.0373. The summed E-state index contributed by atoms with van der Waals surface area (Å²) in [4.78, 5) is 52.9. The Labute approximate surface area is 709 Å². The molecule has 15 aromatic rings. The third kappa shape index (κ3) is 21.0. The quantitative estimate of drug-likeness (QED) is 0.0187. The Morgan fingerprint density at radius 3 is 0.939 bits per heavy atom. The maximum atomic E-state index is 12.0. The van der Waals surface area contributed by atoms with Crippen molar-refractivity contribution in [2.45, 2.75) is 115 Å². The monoisotopic (exact) mass is 1850 g/mol. The largest absolute Gasteiger partial charge is 0.457 e. The molecule has 0 aliphatic rings. The van der Waals surface area contributed by atoms with Crippen molar-refractivity contribution in [1.29, 1.82) is 0 Å². The van der Waals surface area contributed by atoms with Gasteiger partial charge in [0, 0.05) is 119 Å². The number of hydrogen-bond donors (Lipinski definition) is 0. The van der Waals surface area contributed by atoms with Crippen LogP contribution >= 0.6 is 95.1 Å². The zero-order valence-corrected chi connectivity index (χ0v) is 73.6. The highest BCUT2D eigenvalue weighted by Gasteiger charge is 2.31. The van der Waals surface area contributed by atoms with Gasteiger partial charge in [-0.05, 0) is 185 Å². The van der Waals surface area contributed by atoms with Gasteiger partial charge in [-0.3, -0.25) is 19.2 Å². The first-order chi connectivity index (χ1) is 55.2. The van der Waals surface area contributed by atoms with Crippen molar-refractivity contribution in [2.24, 2.45) is 5.92 Å². The summed E-state index contributed by atoms with van der Waals surface area (Å²) < 4.78 is 52.4. The van der Waals surface area contributed by atoms with Crippen LogP contribution in [0.1, 0.15) is 61.8 Å². The van der Waals surface area contributed by atoms with Crippen LogP contribution in [0.5, 0.6) is 23.0 Å². The number of thiophene rings is 3. The number of esters is 4. The van der Waals surface area contributed by atoms with E-state index in [1.54, 1.807) is 34.6 Å². The van der Waals surface area contributed by atoms with Gasteiger partial charge in [0.2, 0.25) is 25.7 Å². The Balaban J connectivity index is 0.000000141. The molecule has 0 spiro atoms. The normalized spacial score (nSPS) is 13.0. The van der Waals surface area contributed by atoms with Gasteiger partial charge >= 0.3 is 23.9 Å². The van der Waals surface area contributed by atoms with E-state index < -0.39 is 18.9 Å². The third-order valence-corrected chi connectivity index (χ3v) is 28.6. The topological polar surface area (TPSA) is 142 Å². The van der Waals surface area contributed by atoms with Crippen LogP contribution in [-0.2, 0) is 49.0 Å². The van der Waals surface area contributed by atoms with Crippen molar-refractivity contribution in [3.63, 3.8) is 0 Å². The van der Waals surface area contributed by atoms with Crippen LogP contribution in [0.3, 0.4) is 0 Å². The SMILES string of the molecule is CC(Br)C(=O)OC(Oc1ccc(-[s+]2c3ccccc3c3ccccc32)cc1)C(C)C.CC(Br)C(=O)OCOc1ccc([S+](c2ccccc2)c2ccccc2)cc1.CC(OC(=O)C(C)Br)Oc1ccc(-[s+]2c3ccccc3c3ccccc32)cc1.CCC(OC(=O)C(C)Br)Oc1ccc(-[s+]2c3ccccc3c3ccccc32)cc1. The number of fused-ring (bicyclic) bond motifs is 9. The molecular formula is C94H86Br4O12S4+4. The third-order valence-electron chi connectivity index (χ3n) is 17.9. The summed E-state index contributed by atoms with van der Waals surface area (Å²) in [6.45, 7) is 14.4. The Morgan fingerprint density at radius 2 is 0.605 bits per heavy atom. The van der Waals surface area contributed by atoms with E-state index in [9.17, 15) is 19.2 Å². The second-order valence-corrected chi connectivity index (χ2v) is 40.0. The molecule has 0 aliphatic heterocycles. The second kappa shape index (κ2) is 40.3. The summed E-state index contributed by atoms with van der Waals surface area (Å²) in [5.74, 6) is 1.42. The Morgan fingerprint density at radius 1 is 0.316 bits per heavy atom. The number of ether oxygens (including phenoxy) is 8. The number of halogens is 4. The molecule has 114 heavy (non-hydrogen) atoms. The summed E-state index contributed by atoms with van der Waals surface area (Å²) in [5.41, 5.74) is 0. The van der Waals surface area contributed by atoms with E-state index in [-0.39, 0.29) is 98.2 Å². The predicted octanol–water partition coefficient (Wildman–Crippen LogP) is 26.8. The van der Waals surface area contributed by atoms with Gasteiger partial charge in [0.1, 0.15) is 42.3 Å². The van der Waals surface area contributed by atoms with Crippen LogP contribution in [0.25, 0.3) is 75.2 Å². The van der Waals surface area contributed by atoms with Crippen LogP contribution < -0.4 is 18.9 Å². The van der Waals surface area contributed by atoms with Crippen LogP contribution in [0.15, 0.2) is 318 Å². The molecule has 0 saturated carbocycles. The van der Waals surface area contributed by atoms with Gasteiger partial charge in [0.05, 0.1) is 10.9 Å². The van der Waals surface area contributed by atoms with Crippen LogP contribution in [-0.4, -0.2) is 68.8 Å². The van der Waals surface area contributed by atoms with Crippen molar-refractivity contribution in [3.05, 3.63) is 303 Å². The lowest BCUT2D eigenvalue weighted by Gasteiger charge is -2.23. The molecular weight excluding hydrogens is 1770 g/mol. The molecule has 12 nitrogen and oxygen atoms in total. The number of rotatable bonds is 24. The van der Waals surface area contributed by atoms with Crippen LogP contribution in [0.4, 0.5) is 0 Å². The standard InChI is InChI=1S/C25H24BrO3S.C24H22BrO3S.C23H20BrO3S.C22H20BrO3S/c1-16(2)25(29-24(27)17(3)26)28-18-12-14-19(15-13-18)30-22-10-6-4-8-20(22)21-9-5-7-11-23(21)30;1-3-23(28-24(26)16(2)25)27-17-12-14-18(15-13-17)29-21-10-6-4-8-19(21)20-9-5-7-11-22(20)29;1-15(24)23(25)27-16(2)26-17-11-13-18(14-12-17)28-21-9-5-3-7-19(21)20-8-4-6-10-22(20)28;1-17(23)22(24)26-16-25-18-12-14-21(15-13-18)27(19-8-4-2-5-9-19)20-10-6-3-7-11-20/h4-17,25H,1-3H3;4-16,23H,3H2,1-2H3;3-16H,1-2H3;2-15,17H,16H2,1H3/q4*+1. The lowest BCUT2D eigenvalue weighted by molar-refractivity contribution is -0.168. The van der Waals surface area contributed by atoms with Crippen molar-refractivity contribution in [1.82, 2.24) is 0 Å². The average molecular weight is 1860 g/mol. The van der Waals surface area contributed by atoms with Gasteiger partial charge in [-0.1, -0.05) is 194 Å². The zero-order valence-electron chi connectivity index (χ0n) is 63.9. The molecule has 3 aromatic heterocycles. The summed E-state index contributed by atoms with van der Waals surface area (Å²) in [6.07, 6.45) is -1.28. The molecule has 0 bridgehead atoms. The molecule has 0 fully saturated rings. The fourth-order valence-electron chi connectivity index (χ4n) is 12.4. The highest BCUT2D eigenvalue weighted by Crippen LogP contribution is 2.51. The fraction of sp³-hybridized carbons (Fsp3) is 0.191. The van der Waals surface area contributed by atoms with Crippen molar-refractivity contribution in [2.75, 3.05) is 6.79 Å². The van der Waals surface area contributed by atoms with Crippen LogP contribution in [0, 0.1) is 5.92 Å². The second-order valence-electron chi connectivity index (χ2n) is 26.6.